The smallest absolute Gasteiger partial charge is 0.267 e. The summed E-state index contributed by atoms with van der Waals surface area (Å²) in [6, 6.07) is 5.20. The van der Waals surface area contributed by atoms with Crippen molar-refractivity contribution in [2.75, 3.05) is 31.1 Å². The second-order valence-corrected chi connectivity index (χ2v) is 4.24. The Kier molecular flexibility index (Phi) is 3.45. The third kappa shape index (κ3) is 2.58. The maximum Gasteiger partial charge on any atom is 0.267 e. The van der Waals surface area contributed by atoms with Gasteiger partial charge >= 0.3 is 0 Å². The van der Waals surface area contributed by atoms with E-state index >= 15 is 0 Å². The van der Waals surface area contributed by atoms with E-state index in [4.69, 9.17) is 5.73 Å². The van der Waals surface area contributed by atoms with Crippen LogP contribution in [0, 0.1) is 0 Å². The van der Waals surface area contributed by atoms with E-state index < -0.39 is 5.91 Å². The molecule has 1 saturated heterocycles. The van der Waals surface area contributed by atoms with Crippen LogP contribution >= 0.6 is 0 Å². The van der Waals surface area contributed by atoms with Crippen molar-refractivity contribution in [3.05, 3.63) is 23.9 Å². The molecule has 1 aromatic rings. The Morgan fingerprint density at radius 3 is 2.44 bits per heavy atom. The van der Waals surface area contributed by atoms with Crippen LogP contribution < -0.4 is 10.6 Å². The minimum absolute atomic E-state index is 0.0912. The minimum atomic E-state index is -0.528. The molecule has 18 heavy (non-hydrogen) atoms. The second-order valence-electron chi connectivity index (χ2n) is 4.24. The molecule has 0 saturated carbocycles. The average Bonchev–Trinajstić information content (AvgIpc) is 2.39. The largest absolute Gasteiger partial charge is 0.364 e. The third-order valence-electron chi connectivity index (χ3n) is 3.04. The van der Waals surface area contributed by atoms with Gasteiger partial charge in [0.05, 0.1) is 0 Å². The van der Waals surface area contributed by atoms with Crippen LogP contribution in [0.2, 0.25) is 0 Å². The number of carbonyl (C=O) groups excluding carboxylic acids is 2. The molecule has 0 atom stereocenters. The highest BCUT2D eigenvalue weighted by molar-refractivity contribution is 5.91. The fraction of sp³-hybridized carbons (Fsp3) is 0.417. The van der Waals surface area contributed by atoms with Gasteiger partial charge in [-0.25, -0.2) is 4.98 Å². The number of hydrogen-bond donors (Lipinski definition) is 1. The topological polar surface area (TPSA) is 79.5 Å². The van der Waals surface area contributed by atoms with E-state index in [1.807, 2.05) is 11.0 Å². The molecular formula is C12H16N4O2. The first-order valence-electron chi connectivity index (χ1n) is 5.85. The van der Waals surface area contributed by atoms with Gasteiger partial charge in [-0.2, -0.15) is 0 Å². The zero-order chi connectivity index (χ0) is 13.1. The van der Waals surface area contributed by atoms with E-state index in [0.717, 1.165) is 18.9 Å². The monoisotopic (exact) mass is 248 g/mol. The van der Waals surface area contributed by atoms with Gasteiger partial charge in [0.15, 0.2) is 0 Å². The van der Waals surface area contributed by atoms with E-state index in [0.29, 0.717) is 13.1 Å². The van der Waals surface area contributed by atoms with Gasteiger partial charge in [-0.3, -0.25) is 9.59 Å². The highest BCUT2D eigenvalue weighted by Crippen LogP contribution is 2.14. The van der Waals surface area contributed by atoms with Crippen LogP contribution in [0.15, 0.2) is 18.2 Å². The highest BCUT2D eigenvalue weighted by atomic mass is 16.2. The summed E-state index contributed by atoms with van der Waals surface area (Å²) in [6.07, 6.45) is 0. The number of nitrogens with zero attached hydrogens (tertiary/aromatic N) is 3. The van der Waals surface area contributed by atoms with Crippen LogP contribution in [0.3, 0.4) is 0 Å². The summed E-state index contributed by atoms with van der Waals surface area (Å²) in [5.74, 6) is 0.294. The molecule has 0 radical (unpaired) electrons. The Morgan fingerprint density at radius 1 is 1.22 bits per heavy atom. The van der Waals surface area contributed by atoms with E-state index in [1.54, 1.807) is 24.0 Å². The van der Waals surface area contributed by atoms with Gasteiger partial charge in [0.25, 0.3) is 5.91 Å². The van der Waals surface area contributed by atoms with E-state index in [2.05, 4.69) is 4.98 Å². The van der Waals surface area contributed by atoms with Crippen molar-refractivity contribution < 1.29 is 9.59 Å². The van der Waals surface area contributed by atoms with Gasteiger partial charge in [0.2, 0.25) is 5.91 Å². The molecule has 1 aromatic heterocycles. The summed E-state index contributed by atoms with van der Waals surface area (Å²) in [7, 11) is 0. The number of hydrogen-bond acceptors (Lipinski definition) is 4. The summed E-state index contributed by atoms with van der Waals surface area (Å²) in [5.41, 5.74) is 5.47. The van der Waals surface area contributed by atoms with E-state index in [9.17, 15) is 9.59 Å². The summed E-state index contributed by atoms with van der Waals surface area (Å²) < 4.78 is 0. The summed E-state index contributed by atoms with van der Waals surface area (Å²) in [4.78, 5) is 30.3. The molecule has 0 aliphatic carbocycles. The molecule has 2 rings (SSSR count). The summed E-state index contributed by atoms with van der Waals surface area (Å²) in [6.45, 7) is 4.36. The molecule has 96 valence electrons. The van der Waals surface area contributed by atoms with Crippen molar-refractivity contribution in [3.8, 4) is 0 Å². The Balaban J connectivity index is 2.07. The van der Waals surface area contributed by atoms with Gasteiger partial charge < -0.3 is 15.5 Å². The van der Waals surface area contributed by atoms with Crippen molar-refractivity contribution in [1.29, 1.82) is 0 Å². The van der Waals surface area contributed by atoms with Crippen LogP contribution in [0.4, 0.5) is 5.82 Å². The van der Waals surface area contributed by atoms with Gasteiger partial charge in [-0.1, -0.05) is 6.07 Å². The van der Waals surface area contributed by atoms with Gasteiger partial charge in [-0.15, -0.1) is 0 Å². The Morgan fingerprint density at radius 2 is 1.89 bits per heavy atom. The molecule has 2 N–H and O–H groups in total. The number of nitrogens with two attached hydrogens (primary N) is 1. The van der Waals surface area contributed by atoms with Crippen molar-refractivity contribution >= 4 is 17.6 Å². The lowest BCUT2D eigenvalue weighted by Gasteiger charge is -2.34. The Hall–Kier alpha value is -2.11. The third-order valence-corrected chi connectivity index (χ3v) is 3.04. The van der Waals surface area contributed by atoms with Crippen LogP contribution in [-0.4, -0.2) is 47.9 Å². The molecule has 2 amide bonds. The maximum atomic E-state index is 11.2. The van der Waals surface area contributed by atoms with Crippen LogP contribution in [-0.2, 0) is 4.79 Å². The number of primary amides is 1. The first-order valence-corrected chi connectivity index (χ1v) is 5.85. The minimum Gasteiger partial charge on any atom is -0.364 e. The molecule has 1 aliphatic rings. The molecular weight excluding hydrogens is 232 g/mol. The summed E-state index contributed by atoms with van der Waals surface area (Å²) in [5, 5.41) is 0. The van der Waals surface area contributed by atoms with Crippen molar-refractivity contribution in [2.24, 2.45) is 5.73 Å². The first-order chi connectivity index (χ1) is 8.58. The molecule has 0 bridgehead atoms. The fourth-order valence-corrected chi connectivity index (χ4v) is 1.99. The molecule has 1 aliphatic heterocycles. The number of aromatic nitrogens is 1. The van der Waals surface area contributed by atoms with Crippen molar-refractivity contribution in [3.63, 3.8) is 0 Å². The average molecular weight is 248 g/mol. The molecule has 2 heterocycles. The van der Waals surface area contributed by atoms with E-state index in [-0.39, 0.29) is 11.6 Å². The van der Waals surface area contributed by atoms with Gasteiger partial charge in [-0.05, 0) is 12.1 Å². The highest BCUT2D eigenvalue weighted by Gasteiger charge is 2.19. The van der Waals surface area contributed by atoms with Crippen LogP contribution in [0.5, 0.6) is 0 Å². The number of anilines is 1. The molecule has 6 nitrogen and oxygen atoms in total. The lowest BCUT2D eigenvalue weighted by Crippen LogP contribution is -2.48. The Labute approximate surface area is 105 Å². The number of rotatable bonds is 2. The summed E-state index contributed by atoms with van der Waals surface area (Å²) >= 11 is 0. The van der Waals surface area contributed by atoms with Crippen LogP contribution in [0.25, 0.3) is 0 Å². The molecule has 6 heteroatoms. The standard InChI is InChI=1S/C12H16N4O2/c1-9(17)15-5-7-16(8-6-15)11-4-2-3-10(14-11)12(13)18/h2-4H,5-8H2,1H3,(H2,13,18). The molecule has 0 aromatic carbocycles. The first kappa shape index (κ1) is 12.3. The number of amides is 2. The van der Waals surface area contributed by atoms with Crippen LogP contribution in [0.1, 0.15) is 17.4 Å². The van der Waals surface area contributed by atoms with Gasteiger partial charge in [0.1, 0.15) is 11.5 Å². The second kappa shape index (κ2) is 5.03. The number of pyridine rings is 1. The fourth-order valence-electron chi connectivity index (χ4n) is 1.99. The zero-order valence-electron chi connectivity index (χ0n) is 10.3. The lowest BCUT2D eigenvalue weighted by molar-refractivity contribution is -0.129. The van der Waals surface area contributed by atoms with E-state index in [1.165, 1.54) is 0 Å². The SMILES string of the molecule is CC(=O)N1CCN(c2cccc(C(N)=O)n2)CC1. The van der Waals surface area contributed by atoms with Crippen molar-refractivity contribution in [2.45, 2.75) is 6.92 Å². The lowest BCUT2D eigenvalue weighted by atomic mass is 10.3. The maximum absolute atomic E-state index is 11.2. The molecule has 1 fully saturated rings. The van der Waals surface area contributed by atoms with Gasteiger partial charge in [0, 0.05) is 33.1 Å². The predicted octanol–water partition coefficient (Wildman–Crippen LogP) is -0.151. The zero-order valence-corrected chi connectivity index (χ0v) is 10.3. The molecule has 0 spiro atoms. The number of piperazine rings is 1. The normalized spacial score (nSPS) is 15.6. The quantitative estimate of drug-likeness (QED) is 0.789. The van der Waals surface area contributed by atoms with Crippen molar-refractivity contribution in [1.82, 2.24) is 9.88 Å². The molecule has 0 unspecified atom stereocenters. The Bertz CT molecular complexity index is 467. The predicted molar refractivity (Wildman–Crippen MR) is 67.2 cm³/mol. The number of carbonyl (C=O) groups is 2.